The molecule has 0 radical (unpaired) electrons. The Morgan fingerprint density at radius 3 is 2.61 bits per heavy atom. The van der Waals surface area contributed by atoms with Crippen LogP contribution in [0.25, 0.3) is 5.76 Å². The van der Waals surface area contributed by atoms with E-state index in [9.17, 15) is 14.7 Å². The second-order valence-electron chi connectivity index (χ2n) is 7.19. The van der Waals surface area contributed by atoms with Gasteiger partial charge in [0.15, 0.2) is 0 Å². The van der Waals surface area contributed by atoms with Crippen LogP contribution >= 0.6 is 0 Å². The highest BCUT2D eigenvalue weighted by molar-refractivity contribution is 6.46. The SMILES string of the molecule is CCOc1cccc(C(O)=C2C(=O)C(=O)N(Cc3ccncc3)C2c2ccc(C)o2)c1. The average Bonchev–Trinajstić information content (AvgIpc) is 3.31. The monoisotopic (exact) mass is 418 g/mol. The zero-order valence-electron chi connectivity index (χ0n) is 17.2. The molecule has 7 heteroatoms. The summed E-state index contributed by atoms with van der Waals surface area (Å²) in [5, 5.41) is 11.1. The van der Waals surface area contributed by atoms with E-state index in [2.05, 4.69) is 4.98 Å². The fraction of sp³-hybridized carbons (Fsp3) is 0.208. The van der Waals surface area contributed by atoms with Gasteiger partial charge in [-0.1, -0.05) is 12.1 Å². The molecule has 1 unspecified atom stereocenters. The Bertz CT molecular complexity index is 1150. The number of amides is 1. The summed E-state index contributed by atoms with van der Waals surface area (Å²) in [6.45, 7) is 4.28. The minimum atomic E-state index is -0.849. The van der Waals surface area contributed by atoms with Crippen molar-refractivity contribution in [3.8, 4) is 5.75 Å². The normalized spacial score (nSPS) is 17.9. The molecule has 1 atom stereocenters. The Morgan fingerprint density at radius 2 is 1.94 bits per heavy atom. The third kappa shape index (κ3) is 3.94. The number of carbonyl (C=O) groups is 2. The van der Waals surface area contributed by atoms with Crippen molar-refractivity contribution in [2.45, 2.75) is 26.4 Å². The van der Waals surface area contributed by atoms with Crippen molar-refractivity contribution in [1.29, 1.82) is 0 Å². The Hall–Kier alpha value is -3.87. The van der Waals surface area contributed by atoms with Crippen molar-refractivity contribution in [1.82, 2.24) is 9.88 Å². The molecule has 1 aromatic carbocycles. The summed E-state index contributed by atoms with van der Waals surface area (Å²) in [5.41, 5.74) is 1.19. The Balaban J connectivity index is 1.83. The standard InChI is InChI=1S/C24H22N2O5/c1-3-30-18-6-4-5-17(13-18)22(27)20-21(19-8-7-15(2)31-19)26(24(29)23(20)28)14-16-9-11-25-12-10-16/h4-13,21,27H,3,14H2,1-2H3. The molecule has 0 saturated carbocycles. The number of hydrogen-bond donors (Lipinski definition) is 1. The first-order valence-electron chi connectivity index (χ1n) is 9.96. The number of rotatable bonds is 6. The predicted octanol–water partition coefficient (Wildman–Crippen LogP) is 4.00. The van der Waals surface area contributed by atoms with Crippen LogP contribution in [0.15, 0.2) is 70.9 Å². The summed E-state index contributed by atoms with van der Waals surface area (Å²) < 4.78 is 11.3. The molecule has 0 aliphatic carbocycles. The van der Waals surface area contributed by atoms with E-state index in [0.29, 0.717) is 29.4 Å². The highest BCUT2D eigenvalue weighted by Crippen LogP contribution is 2.41. The van der Waals surface area contributed by atoms with Gasteiger partial charge in [0.2, 0.25) is 0 Å². The lowest BCUT2D eigenvalue weighted by atomic mass is 9.99. The number of aryl methyl sites for hydroxylation is 1. The molecule has 1 fully saturated rings. The fourth-order valence-electron chi connectivity index (χ4n) is 3.68. The molecule has 2 aromatic heterocycles. The van der Waals surface area contributed by atoms with Crippen molar-refractivity contribution in [2.24, 2.45) is 0 Å². The first-order chi connectivity index (χ1) is 15.0. The van der Waals surface area contributed by atoms with E-state index in [-0.39, 0.29) is 17.9 Å². The van der Waals surface area contributed by atoms with Crippen LogP contribution in [0.5, 0.6) is 5.75 Å². The Morgan fingerprint density at radius 1 is 1.16 bits per heavy atom. The van der Waals surface area contributed by atoms with Gasteiger partial charge in [0.05, 0.1) is 12.2 Å². The summed E-state index contributed by atoms with van der Waals surface area (Å²) in [6.07, 6.45) is 3.24. The first-order valence-corrected chi connectivity index (χ1v) is 9.96. The molecule has 31 heavy (non-hydrogen) atoms. The van der Waals surface area contributed by atoms with Gasteiger partial charge in [-0.05, 0) is 55.8 Å². The minimum absolute atomic E-state index is 0.0120. The Kier molecular flexibility index (Phi) is 5.58. The number of pyridine rings is 1. The smallest absolute Gasteiger partial charge is 0.296 e. The summed E-state index contributed by atoms with van der Waals surface area (Å²) in [5.74, 6) is -0.110. The van der Waals surface area contributed by atoms with Crippen LogP contribution in [0.2, 0.25) is 0 Å². The number of aliphatic hydroxyl groups excluding tert-OH is 1. The summed E-state index contributed by atoms with van der Waals surface area (Å²) in [6, 6.07) is 13.0. The number of Topliss-reactive ketones (excluding diaryl/α,β-unsaturated/α-hetero) is 1. The van der Waals surface area contributed by atoms with E-state index < -0.39 is 17.7 Å². The molecule has 0 bridgehead atoms. The van der Waals surface area contributed by atoms with Gasteiger partial charge in [0.25, 0.3) is 11.7 Å². The molecule has 1 saturated heterocycles. The van der Waals surface area contributed by atoms with Crippen molar-refractivity contribution in [3.05, 3.63) is 89.1 Å². The predicted molar refractivity (Wildman–Crippen MR) is 113 cm³/mol. The molecule has 1 aliphatic rings. The van der Waals surface area contributed by atoms with Gasteiger partial charge in [0, 0.05) is 24.5 Å². The van der Waals surface area contributed by atoms with Crippen molar-refractivity contribution < 1.29 is 23.8 Å². The van der Waals surface area contributed by atoms with Crippen molar-refractivity contribution in [3.63, 3.8) is 0 Å². The van der Waals surface area contributed by atoms with Gasteiger partial charge >= 0.3 is 0 Å². The second-order valence-corrected chi connectivity index (χ2v) is 7.19. The van der Waals surface area contributed by atoms with Crippen molar-refractivity contribution in [2.75, 3.05) is 6.61 Å². The highest BCUT2D eigenvalue weighted by Gasteiger charge is 2.47. The highest BCUT2D eigenvalue weighted by atomic mass is 16.5. The third-order valence-electron chi connectivity index (χ3n) is 5.09. The molecule has 3 heterocycles. The lowest BCUT2D eigenvalue weighted by Gasteiger charge is -2.23. The lowest BCUT2D eigenvalue weighted by molar-refractivity contribution is -0.140. The molecule has 1 amide bonds. The molecule has 4 rings (SSSR count). The minimum Gasteiger partial charge on any atom is -0.507 e. The van der Waals surface area contributed by atoms with E-state index in [0.717, 1.165) is 5.56 Å². The van der Waals surface area contributed by atoms with Gasteiger partial charge < -0.3 is 19.2 Å². The van der Waals surface area contributed by atoms with E-state index in [1.807, 2.05) is 6.92 Å². The van der Waals surface area contributed by atoms with Crippen LogP contribution in [-0.4, -0.2) is 33.3 Å². The Labute approximate surface area is 179 Å². The number of benzene rings is 1. The zero-order chi connectivity index (χ0) is 22.0. The zero-order valence-corrected chi connectivity index (χ0v) is 17.2. The molecule has 3 aromatic rings. The largest absolute Gasteiger partial charge is 0.507 e. The van der Waals surface area contributed by atoms with Crippen molar-refractivity contribution >= 4 is 17.4 Å². The number of carbonyl (C=O) groups excluding carboxylic acids is 2. The van der Waals surface area contributed by atoms with Gasteiger partial charge in [-0.3, -0.25) is 14.6 Å². The van der Waals surface area contributed by atoms with E-state index in [4.69, 9.17) is 9.15 Å². The number of ketones is 1. The number of nitrogens with zero attached hydrogens (tertiary/aromatic N) is 2. The number of aromatic nitrogens is 1. The number of hydrogen-bond acceptors (Lipinski definition) is 6. The van der Waals surface area contributed by atoms with Crippen LogP contribution < -0.4 is 4.74 Å². The van der Waals surface area contributed by atoms with Gasteiger partial charge in [-0.25, -0.2) is 0 Å². The number of likely N-dealkylation sites (tertiary alicyclic amines) is 1. The van der Waals surface area contributed by atoms with E-state index in [1.54, 1.807) is 67.8 Å². The van der Waals surface area contributed by atoms with E-state index >= 15 is 0 Å². The molecule has 158 valence electrons. The maximum absolute atomic E-state index is 13.0. The van der Waals surface area contributed by atoms with Gasteiger partial charge in [-0.15, -0.1) is 0 Å². The fourth-order valence-corrected chi connectivity index (χ4v) is 3.68. The van der Waals surface area contributed by atoms with Crippen LogP contribution in [0.1, 0.15) is 35.6 Å². The van der Waals surface area contributed by atoms with Crippen LogP contribution in [0.4, 0.5) is 0 Å². The maximum atomic E-state index is 13.0. The topological polar surface area (TPSA) is 92.9 Å². The average molecular weight is 418 g/mol. The first kappa shape index (κ1) is 20.4. The maximum Gasteiger partial charge on any atom is 0.296 e. The van der Waals surface area contributed by atoms with Crippen LogP contribution in [0, 0.1) is 6.92 Å². The molecule has 0 spiro atoms. The quantitative estimate of drug-likeness (QED) is 0.369. The van der Waals surface area contributed by atoms with Gasteiger partial charge in [-0.2, -0.15) is 0 Å². The lowest BCUT2D eigenvalue weighted by Crippen LogP contribution is -2.29. The summed E-state index contributed by atoms with van der Waals surface area (Å²) in [4.78, 5) is 31.4. The molecule has 7 nitrogen and oxygen atoms in total. The second kappa shape index (κ2) is 8.47. The molecular weight excluding hydrogens is 396 g/mol. The number of aliphatic hydroxyl groups is 1. The van der Waals surface area contributed by atoms with Gasteiger partial charge in [0.1, 0.15) is 29.1 Å². The number of furan rings is 1. The van der Waals surface area contributed by atoms with Crippen LogP contribution in [-0.2, 0) is 16.1 Å². The molecular formula is C24H22N2O5. The summed E-state index contributed by atoms with van der Waals surface area (Å²) >= 11 is 0. The van der Waals surface area contributed by atoms with Crippen LogP contribution in [0.3, 0.4) is 0 Å². The summed E-state index contributed by atoms with van der Waals surface area (Å²) in [7, 11) is 0. The molecule has 1 aliphatic heterocycles. The number of ether oxygens (including phenoxy) is 1. The van der Waals surface area contributed by atoms with E-state index in [1.165, 1.54) is 4.90 Å². The molecule has 1 N–H and O–H groups in total. The third-order valence-corrected chi connectivity index (χ3v) is 5.09.